The summed E-state index contributed by atoms with van der Waals surface area (Å²) in [6, 6.07) is 12.7. The Morgan fingerprint density at radius 1 is 1.08 bits per heavy atom. The van der Waals surface area contributed by atoms with Crippen molar-refractivity contribution in [2.75, 3.05) is 11.6 Å². The lowest BCUT2D eigenvalue weighted by Gasteiger charge is -2.18. The van der Waals surface area contributed by atoms with Gasteiger partial charge >= 0.3 is 0 Å². The first-order valence-electron chi connectivity index (χ1n) is 7.01. The molecule has 0 bridgehead atoms. The monoisotopic (exact) mass is 386 g/mol. The first kappa shape index (κ1) is 18.7. The van der Waals surface area contributed by atoms with Crippen molar-refractivity contribution in [3.8, 4) is 0 Å². The molecule has 2 aromatic carbocycles. The van der Waals surface area contributed by atoms with Crippen LogP contribution < -0.4 is 10.0 Å². The molecular weight excluding hydrogens is 371 g/mol. The highest BCUT2D eigenvalue weighted by Gasteiger charge is 2.20. The molecule has 8 heteroatoms. The van der Waals surface area contributed by atoms with Gasteiger partial charge < -0.3 is 5.32 Å². The summed E-state index contributed by atoms with van der Waals surface area (Å²) < 4.78 is 25.6. The van der Waals surface area contributed by atoms with Crippen molar-refractivity contribution in [3.05, 3.63) is 64.1 Å². The van der Waals surface area contributed by atoms with Crippen LogP contribution >= 0.6 is 23.2 Å². The van der Waals surface area contributed by atoms with E-state index in [0.717, 1.165) is 6.26 Å². The van der Waals surface area contributed by atoms with Gasteiger partial charge in [0.2, 0.25) is 15.9 Å². The van der Waals surface area contributed by atoms with E-state index in [1.807, 2.05) is 0 Å². The van der Waals surface area contributed by atoms with Crippen molar-refractivity contribution in [3.63, 3.8) is 0 Å². The van der Waals surface area contributed by atoms with Crippen LogP contribution in [0.2, 0.25) is 10.0 Å². The highest BCUT2D eigenvalue weighted by molar-refractivity contribution is 7.88. The number of amides is 1. The predicted octanol–water partition coefficient (Wildman–Crippen LogP) is 3.61. The van der Waals surface area contributed by atoms with Gasteiger partial charge in [-0.25, -0.2) is 13.1 Å². The maximum absolute atomic E-state index is 12.2. The highest BCUT2D eigenvalue weighted by Crippen LogP contribution is 2.22. The summed E-state index contributed by atoms with van der Waals surface area (Å²) in [5.41, 5.74) is 1.19. The number of carbonyl (C=O) groups excluding carboxylic acids is 1. The van der Waals surface area contributed by atoms with E-state index in [-0.39, 0.29) is 12.3 Å². The molecule has 1 amide bonds. The minimum Gasteiger partial charge on any atom is -0.326 e. The van der Waals surface area contributed by atoms with E-state index >= 15 is 0 Å². The van der Waals surface area contributed by atoms with Crippen molar-refractivity contribution in [2.45, 2.75) is 12.5 Å². The zero-order chi connectivity index (χ0) is 17.7. The van der Waals surface area contributed by atoms with Gasteiger partial charge in [0, 0.05) is 22.2 Å². The molecule has 24 heavy (non-hydrogen) atoms. The Balaban J connectivity index is 2.15. The normalized spacial score (nSPS) is 12.6. The van der Waals surface area contributed by atoms with E-state index in [9.17, 15) is 13.2 Å². The number of hydrogen-bond acceptors (Lipinski definition) is 3. The first-order valence-corrected chi connectivity index (χ1v) is 9.66. The fourth-order valence-electron chi connectivity index (χ4n) is 2.14. The number of benzene rings is 2. The number of sulfonamides is 1. The minimum absolute atomic E-state index is 0.0682. The Morgan fingerprint density at radius 3 is 2.33 bits per heavy atom. The molecule has 0 aromatic heterocycles. The summed E-state index contributed by atoms with van der Waals surface area (Å²) in [6.45, 7) is 0. The van der Waals surface area contributed by atoms with Crippen molar-refractivity contribution >= 4 is 44.8 Å². The standard InChI is InChI=1S/C16H16Cl2N2O3S/c1-24(22,23)20-15(11-5-7-12(17)8-6-11)10-16(21)19-14-4-2-3-13(18)9-14/h2-9,15,20H,10H2,1H3,(H,19,21)/t15-/m0/s1. The fraction of sp³-hybridized carbons (Fsp3) is 0.188. The van der Waals surface area contributed by atoms with Gasteiger partial charge in [-0.15, -0.1) is 0 Å². The van der Waals surface area contributed by atoms with E-state index in [2.05, 4.69) is 10.0 Å². The number of halogens is 2. The van der Waals surface area contributed by atoms with Crippen LogP contribution in [0.5, 0.6) is 0 Å². The van der Waals surface area contributed by atoms with Crippen LogP contribution in [-0.4, -0.2) is 20.6 Å². The summed E-state index contributed by atoms with van der Waals surface area (Å²) in [6.07, 6.45) is 0.978. The maximum atomic E-state index is 12.2. The Bertz CT molecular complexity index is 823. The van der Waals surface area contributed by atoms with E-state index in [4.69, 9.17) is 23.2 Å². The lowest BCUT2D eigenvalue weighted by molar-refractivity contribution is -0.116. The second-order valence-electron chi connectivity index (χ2n) is 5.26. The van der Waals surface area contributed by atoms with Crippen LogP contribution in [0.25, 0.3) is 0 Å². The van der Waals surface area contributed by atoms with E-state index in [1.54, 1.807) is 48.5 Å². The van der Waals surface area contributed by atoms with Gasteiger partial charge in [0.05, 0.1) is 12.3 Å². The molecule has 0 aliphatic rings. The predicted molar refractivity (Wildman–Crippen MR) is 96.9 cm³/mol. The van der Waals surface area contributed by atoms with Crippen molar-refractivity contribution < 1.29 is 13.2 Å². The molecule has 1 atom stereocenters. The Labute approximate surface area is 151 Å². The lowest BCUT2D eigenvalue weighted by atomic mass is 10.0. The zero-order valence-corrected chi connectivity index (χ0v) is 15.1. The number of hydrogen-bond donors (Lipinski definition) is 2. The number of rotatable bonds is 6. The second kappa shape index (κ2) is 7.98. The summed E-state index contributed by atoms with van der Waals surface area (Å²) in [4.78, 5) is 12.2. The molecule has 5 nitrogen and oxygen atoms in total. The summed E-state index contributed by atoms with van der Waals surface area (Å²) in [5.74, 6) is -0.339. The molecule has 2 aromatic rings. The lowest BCUT2D eigenvalue weighted by Crippen LogP contribution is -2.30. The molecule has 0 radical (unpaired) electrons. The molecule has 2 N–H and O–H groups in total. The molecule has 0 heterocycles. The summed E-state index contributed by atoms with van der Waals surface area (Å²) in [5, 5.41) is 3.72. The third kappa shape index (κ3) is 6.13. The molecule has 0 spiro atoms. The summed E-state index contributed by atoms with van der Waals surface area (Å²) in [7, 11) is -3.49. The fourth-order valence-corrected chi connectivity index (χ4v) is 3.20. The molecular formula is C16H16Cl2N2O3S. The number of anilines is 1. The first-order chi connectivity index (χ1) is 11.2. The van der Waals surface area contributed by atoms with Crippen molar-refractivity contribution in [2.24, 2.45) is 0 Å². The van der Waals surface area contributed by atoms with Crippen LogP contribution in [0.3, 0.4) is 0 Å². The Kier molecular flexibility index (Phi) is 6.23. The van der Waals surface area contributed by atoms with Crippen LogP contribution in [0.1, 0.15) is 18.0 Å². The molecule has 0 unspecified atom stereocenters. The average Bonchev–Trinajstić information content (AvgIpc) is 2.45. The topological polar surface area (TPSA) is 75.3 Å². The maximum Gasteiger partial charge on any atom is 0.226 e. The largest absolute Gasteiger partial charge is 0.326 e. The zero-order valence-electron chi connectivity index (χ0n) is 12.8. The van der Waals surface area contributed by atoms with Crippen LogP contribution in [-0.2, 0) is 14.8 Å². The number of nitrogens with one attached hydrogen (secondary N) is 2. The Morgan fingerprint density at radius 2 is 1.75 bits per heavy atom. The van der Waals surface area contributed by atoms with E-state index in [0.29, 0.717) is 21.3 Å². The molecule has 0 fully saturated rings. The van der Waals surface area contributed by atoms with E-state index < -0.39 is 16.1 Å². The molecule has 0 saturated heterocycles. The molecule has 0 aliphatic heterocycles. The molecule has 0 saturated carbocycles. The van der Waals surface area contributed by atoms with Gasteiger partial charge in [-0.05, 0) is 35.9 Å². The molecule has 0 aliphatic carbocycles. The van der Waals surface area contributed by atoms with Crippen LogP contribution in [0.4, 0.5) is 5.69 Å². The second-order valence-corrected chi connectivity index (χ2v) is 7.91. The quantitative estimate of drug-likeness (QED) is 0.795. The average molecular weight is 387 g/mol. The SMILES string of the molecule is CS(=O)(=O)N[C@@H](CC(=O)Nc1cccc(Cl)c1)c1ccc(Cl)cc1. The van der Waals surface area contributed by atoms with Gasteiger partial charge in [0.1, 0.15) is 0 Å². The van der Waals surface area contributed by atoms with Gasteiger partial charge in [-0.3, -0.25) is 4.79 Å². The Hall–Kier alpha value is -1.60. The van der Waals surface area contributed by atoms with Crippen molar-refractivity contribution in [1.29, 1.82) is 0 Å². The number of carbonyl (C=O) groups is 1. The van der Waals surface area contributed by atoms with Gasteiger partial charge in [0.25, 0.3) is 0 Å². The summed E-state index contributed by atoms with van der Waals surface area (Å²) >= 11 is 11.7. The van der Waals surface area contributed by atoms with Crippen LogP contribution in [0.15, 0.2) is 48.5 Å². The third-order valence-electron chi connectivity index (χ3n) is 3.13. The third-order valence-corrected chi connectivity index (χ3v) is 4.33. The van der Waals surface area contributed by atoms with Crippen LogP contribution in [0, 0.1) is 0 Å². The van der Waals surface area contributed by atoms with E-state index in [1.165, 1.54) is 0 Å². The van der Waals surface area contributed by atoms with Crippen molar-refractivity contribution in [1.82, 2.24) is 4.72 Å². The van der Waals surface area contributed by atoms with Gasteiger partial charge in [-0.2, -0.15) is 0 Å². The molecule has 128 valence electrons. The molecule has 2 rings (SSSR count). The van der Waals surface area contributed by atoms with Gasteiger partial charge in [-0.1, -0.05) is 41.4 Å². The smallest absolute Gasteiger partial charge is 0.226 e. The highest BCUT2D eigenvalue weighted by atomic mass is 35.5. The minimum atomic E-state index is -3.49. The van der Waals surface area contributed by atoms with Gasteiger partial charge in [0.15, 0.2) is 0 Å².